The second kappa shape index (κ2) is 6.76. The van der Waals surface area contributed by atoms with Gasteiger partial charge in [-0.05, 0) is 12.1 Å². The summed E-state index contributed by atoms with van der Waals surface area (Å²) < 4.78 is 5.49. The van der Waals surface area contributed by atoms with E-state index in [1.807, 2.05) is 0 Å². The number of benzene rings is 1. The van der Waals surface area contributed by atoms with Crippen molar-refractivity contribution < 1.29 is 14.3 Å². The summed E-state index contributed by atoms with van der Waals surface area (Å²) in [5, 5.41) is 3.08. The number of hydrogen-bond acceptors (Lipinski definition) is 5. The molecule has 0 atom stereocenters. The summed E-state index contributed by atoms with van der Waals surface area (Å²) in [6.07, 6.45) is 1.21. The smallest absolute Gasteiger partial charge is 0.325 e. The molecule has 22 heavy (non-hydrogen) atoms. The lowest BCUT2D eigenvalue weighted by Gasteiger charge is -2.08. The van der Waals surface area contributed by atoms with Gasteiger partial charge < -0.3 is 10.1 Å². The van der Waals surface area contributed by atoms with E-state index < -0.39 is 17.4 Å². The highest BCUT2D eigenvalue weighted by Gasteiger charge is 2.12. The number of carbonyl (C=O) groups excluding carboxylic acids is 2. The summed E-state index contributed by atoms with van der Waals surface area (Å²) in [6.45, 7) is -0.564. The Hall–Kier alpha value is -2.12. The number of hydrogen-bond donors (Lipinski definition) is 1. The van der Waals surface area contributed by atoms with Crippen LogP contribution in [0.15, 0.2) is 23.3 Å². The molecule has 1 aromatic carbocycles. The fourth-order valence-electron chi connectivity index (χ4n) is 1.76. The van der Waals surface area contributed by atoms with Crippen LogP contribution in [0.25, 0.3) is 10.9 Å². The molecule has 1 amide bonds. The Balaban J connectivity index is 2.26. The van der Waals surface area contributed by atoms with Crippen molar-refractivity contribution in [2.75, 3.05) is 13.7 Å². The zero-order chi connectivity index (χ0) is 16.3. The predicted octanol–water partition coefficient (Wildman–Crippen LogP) is 0.992. The van der Waals surface area contributed by atoms with Gasteiger partial charge in [0.25, 0.3) is 5.56 Å². The van der Waals surface area contributed by atoms with Gasteiger partial charge in [-0.2, -0.15) is 0 Å². The number of ether oxygens (including phenoxy) is 1. The first-order chi connectivity index (χ1) is 10.4. The van der Waals surface area contributed by atoms with Gasteiger partial charge in [0.1, 0.15) is 13.1 Å². The second-order valence-corrected chi connectivity index (χ2v) is 5.16. The third kappa shape index (κ3) is 3.55. The van der Waals surface area contributed by atoms with Crippen molar-refractivity contribution in [3.05, 3.63) is 38.9 Å². The van der Waals surface area contributed by atoms with Gasteiger partial charge in [0.2, 0.25) is 5.91 Å². The zero-order valence-electron chi connectivity index (χ0n) is 11.4. The molecule has 0 aliphatic carbocycles. The van der Waals surface area contributed by atoms with Crippen LogP contribution in [0.2, 0.25) is 10.0 Å². The van der Waals surface area contributed by atoms with Gasteiger partial charge in [-0.1, -0.05) is 23.2 Å². The molecule has 1 heterocycles. The minimum Gasteiger partial charge on any atom is -0.468 e. The van der Waals surface area contributed by atoms with Crippen molar-refractivity contribution in [2.45, 2.75) is 6.54 Å². The molecule has 0 unspecified atom stereocenters. The maximum absolute atomic E-state index is 12.3. The van der Waals surface area contributed by atoms with Gasteiger partial charge >= 0.3 is 5.97 Å². The van der Waals surface area contributed by atoms with Crippen molar-refractivity contribution in [3.63, 3.8) is 0 Å². The van der Waals surface area contributed by atoms with E-state index in [0.29, 0.717) is 10.5 Å². The third-order valence-electron chi connectivity index (χ3n) is 2.82. The number of methoxy groups -OCH3 is 1. The van der Waals surface area contributed by atoms with Crippen LogP contribution in [0.5, 0.6) is 0 Å². The Morgan fingerprint density at radius 2 is 2.09 bits per heavy atom. The van der Waals surface area contributed by atoms with E-state index >= 15 is 0 Å². The summed E-state index contributed by atoms with van der Waals surface area (Å²) in [6, 6.07) is 2.91. The van der Waals surface area contributed by atoms with Crippen LogP contribution in [-0.2, 0) is 20.9 Å². The van der Waals surface area contributed by atoms with Gasteiger partial charge in [0.05, 0.1) is 29.4 Å². The summed E-state index contributed by atoms with van der Waals surface area (Å²) in [4.78, 5) is 39.0. The van der Waals surface area contributed by atoms with Crippen molar-refractivity contribution >= 4 is 46.0 Å². The largest absolute Gasteiger partial charge is 0.468 e. The zero-order valence-corrected chi connectivity index (χ0v) is 12.9. The number of aromatic nitrogens is 2. The monoisotopic (exact) mass is 343 g/mol. The fourth-order valence-corrected chi connectivity index (χ4v) is 2.30. The Kier molecular flexibility index (Phi) is 4.99. The van der Waals surface area contributed by atoms with Crippen molar-refractivity contribution in [1.29, 1.82) is 0 Å². The minimum absolute atomic E-state index is 0.209. The number of halogens is 2. The number of amides is 1. The van der Waals surface area contributed by atoms with Crippen LogP contribution in [-0.4, -0.2) is 35.1 Å². The first-order valence-electron chi connectivity index (χ1n) is 6.10. The highest BCUT2D eigenvalue weighted by molar-refractivity contribution is 6.38. The molecule has 0 spiro atoms. The van der Waals surface area contributed by atoms with Gasteiger partial charge in [0.15, 0.2) is 0 Å². The van der Waals surface area contributed by atoms with Crippen molar-refractivity contribution in [2.24, 2.45) is 0 Å². The maximum atomic E-state index is 12.3. The Morgan fingerprint density at radius 1 is 1.36 bits per heavy atom. The quantitative estimate of drug-likeness (QED) is 0.836. The number of esters is 1. The van der Waals surface area contributed by atoms with Gasteiger partial charge in [-0.25, -0.2) is 4.98 Å². The van der Waals surface area contributed by atoms with Crippen LogP contribution >= 0.6 is 23.2 Å². The molecule has 0 fully saturated rings. The first kappa shape index (κ1) is 16.3. The molecule has 1 aromatic heterocycles. The molecule has 0 saturated carbocycles. The van der Waals surface area contributed by atoms with Crippen LogP contribution in [0.4, 0.5) is 0 Å². The highest BCUT2D eigenvalue weighted by atomic mass is 35.5. The second-order valence-electron chi connectivity index (χ2n) is 4.31. The fraction of sp³-hybridized carbons (Fsp3) is 0.231. The molecule has 7 nitrogen and oxygen atoms in total. The number of fused-ring (bicyclic) bond motifs is 1. The normalized spacial score (nSPS) is 10.5. The molecule has 0 aliphatic rings. The molecule has 1 N–H and O–H groups in total. The van der Waals surface area contributed by atoms with E-state index in [4.69, 9.17) is 23.2 Å². The molecule has 2 aromatic rings. The van der Waals surface area contributed by atoms with Crippen molar-refractivity contribution in [1.82, 2.24) is 14.9 Å². The Bertz CT molecular complexity index is 804. The maximum Gasteiger partial charge on any atom is 0.325 e. The summed E-state index contributed by atoms with van der Waals surface area (Å²) in [7, 11) is 1.21. The molecule has 0 aliphatic heterocycles. The SMILES string of the molecule is COC(=O)CNC(=O)Cn1cnc2c(Cl)cc(Cl)cc2c1=O. The topological polar surface area (TPSA) is 90.3 Å². The van der Waals surface area contributed by atoms with E-state index in [1.54, 1.807) is 0 Å². The van der Waals surface area contributed by atoms with Crippen LogP contribution in [0.3, 0.4) is 0 Å². The lowest BCUT2D eigenvalue weighted by molar-refractivity contribution is -0.141. The first-order valence-corrected chi connectivity index (χ1v) is 6.85. The van der Waals surface area contributed by atoms with E-state index in [0.717, 1.165) is 4.57 Å². The van der Waals surface area contributed by atoms with Crippen LogP contribution < -0.4 is 10.9 Å². The summed E-state index contributed by atoms with van der Waals surface area (Å²) in [5.41, 5.74) is -0.148. The summed E-state index contributed by atoms with van der Waals surface area (Å²) >= 11 is 11.8. The van der Waals surface area contributed by atoms with Gasteiger partial charge in [-0.15, -0.1) is 0 Å². The molecule has 2 rings (SSSR count). The van der Waals surface area contributed by atoms with E-state index in [-0.39, 0.29) is 23.5 Å². The van der Waals surface area contributed by atoms with E-state index in [1.165, 1.54) is 25.6 Å². The Morgan fingerprint density at radius 3 is 2.77 bits per heavy atom. The lowest BCUT2D eigenvalue weighted by atomic mass is 10.2. The lowest BCUT2D eigenvalue weighted by Crippen LogP contribution is -2.35. The predicted molar refractivity (Wildman–Crippen MR) is 81.0 cm³/mol. The number of nitrogens with zero attached hydrogens (tertiary/aromatic N) is 2. The van der Waals surface area contributed by atoms with E-state index in [2.05, 4.69) is 15.0 Å². The minimum atomic E-state index is -0.587. The molecule has 0 saturated heterocycles. The average molecular weight is 344 g/mol. The van der Waals surface area contributed by atoms with Gasteiger partial charge in [-0.3, -0.25) is 19.0 Å². The molecule has 9 heteroatoms. The molecule has 116 valence electrons. The molecule has 0 radical (unpaired) electrons. The summed E-state index contributed by atoms with van der Waals surface area (Å²) in [5.74, 6) is -1.11. The van der Waals surface area contributed by atoms with E-state index in [9.17, 15) is 14.4 Å². The highest BCUT2D eigenvalue weighted by Crippen LogP contribution is 2.23. The molecular formula is C13H11Cl2N3O4. The van der Waals surface area contributed by atoms with Crippen LogP contribution in [0.1, 0.15) is 0 Å². The number of nitrogens with one attached hydrogen (secondary N) is 1. The van der Waals surface area contributed by atoms with Crippen LogP contribution in [0, 0.1) is 0 Å². The number of rotatable bonds is 4. The number of carbonyl (C=O) groups is 2. The average Bonchev–Trinajstić information content (AvgIpc) is 2.48. The molecule has 0 bridgehead atoms. The van der Waals surface area contributed by atoms with Gasteiger partial charge in [0, 0.05) is 5.02 Å². The Labute approximate surface area is 134 Å². The standard InChI is InChI=1S/C13H11Cl2N3O4/c1-22-11(20)4-16-10(19)5-18-6-17-12-8(13(18)21)2-7(14)3-9(12)15/h2-3,6H,4-5H2,1H3,(H,16,19). The third-order valence-corrected chi connectivity index (χ3v) is 3.32. The molecular weight excluding hydrogens is 333 g/mol. The van der Waals surface area contributed by atoms with Crippen molar-refractivity contribution in [3.8, 4) is 0 Å².